The maximum absolute atomic E-state index is 10.8. The van der Waals surface area contributed by atoms with Crippen LogP contribution in [0.3, 0.4) is 0 Å². The van der Waals surface area contributed by atoms with E-state index >= 15 is 0 Å². The molecule has 0 aliphatic rings. The van der Waals surface area contributed by atoms with E-state index in [1.54, 1.807) is 6.07 Å². The lowest BCUT2D eigenvalue weighted by Gasteiger charge is -2.05. The quantitative estimate of drug-likeness (QED) is 0.459. The first kappa shape index (κ1) is 14.9. The molecule has 0 radical (unpaired) electrons. The molecule has 0 saturated heterocycles. The van der Waals surface area contributed by atoms with E-state index in [1.807, 2.05) is 6.92 Å². The maximum atomic E-state index is 10.8. The van der Waals surface area contributed by atoms with Crippen LogP contribution in [0.5, 0.6) is 5.75 Å². The summed E-state index contributed by atoms with van der Waals surface area (Å²) in [5, 5.41) is 20.6. The lowest BCUT2D eigenvalue weighted by Crippen LogP contribution is -1.92. The van der Waals surface area contributed by atoms with Gasteiger partial charge in [-0.25, -0.2) is 0 Å². The lowest BCUT2D eigenvalue weighted by molar-refractivity contribution is -0.384. The Balaban J connectivity index is 2.41. The first-order valence-electron chi connectivity index (χ1n) is 5.87. The third kappa shape index (κ3) is 2.96. The van der Waals surface area contributed by atoms with Gasteiger partial charge in [-0.3, -0.25) is 10.1 Å². The van der Waals surface area contributed by atoms with Crippen LogP contribution in [0.25, 0.3) is 10.6 Å². The average Bonchev–Trinajstić information content (AvgIpc) is 2.95. The van der Waals surface area contributed by atoms with Crippen molar-refractivity contribution in [3.63, 3.8) is 0 Å². The number of nitro groups is 1. The monoisotopic (exact) mass is 357 g/mol. The van der Waals surface area contributed by atoms with Gasteiger partial charge < -0.3 is 4.74 Å². The lowest BCUT2D eigenvalue weighted by atomic mass is 10.2. The molecule has 1 aromatic carbocycles. The topological polar surface area (TPSA) is 78.2 Å². The fourth-order valence-electron chi connectivity index (χ4n) is 1.61. The molecule has 0 spiro atoms. The summed E-state index contributed by atoms with van der Waals surface area (Å²) in [7, 11) is 1.48. The highest BCUT2D eigenvalue weighted by Crippen LogP contribution is 2.37. The number of alkyl halides is 1. The molecule has 0 amide bonds. The Labute approximate surface area is 128 Å². The van der Waals surface area contributed by atoms with Gasteiger partial charge in [-0.1, -0.05) is 34.2 Å². The Hall–Kier alpha value is -1.54. The summed E-state index contributed by atoms with van der Waals surface area (Å²) in [5.41, 5.74) is 0.694. The van der Waals surface area contributed by atoms with E-state index in [1.165, 1.54) is 30.6 Å². The fourth-order valence-corrected chi connectivity index (χ4v) is 2.92. The van der Waals surface area contributed by atoms with E-state index in [4.69, 9.17) is 4.74 Å². The minimum atomic E-state index is -0.455. The van der Waals surface area contributed by atoms with Crippen LogP contribution in [-0.4, -0.2) is 22.2 Å². The largest absolute Gasteiger partial charge is 0.496 e. The molecule has 0 N–H and O–H groups in total. The van der Waals surface area contributed by atoms with Crippen LogP contribution in [-0.2, 0) is 0 Å². The molecule has 1 aromatic heterocycles. The minimum Gasteiger partial charge on any atom is -0.496 e. The molecule has 0 aliphatic heterocycles. The Morgan fingerprint density at radius 1 is 1.50 bits per heavy atom. The molecule has 0 bridgehead atoms. The van der Waals surface area contributed by atoms with E-state index in [2.05, 4.69) is 26.1 Å². The highest BCUT2D eigenvalue weighted by molar-refractivity contribution is 9.09. The zero-order chi connectivity index (χ0) is 14.7. The van der Waals surface area contributed by atoms with Crippen molar-refractivity contribution in [1.82, 2.24) is 10.2 Å². The second-order valence-corrected chi connectivity index (χ2v) is 6.08. The molecule has 20 heavy (non-hydrogen) atoms. The average molecular weight is 358 g/mol. The van der Waals surface area contributed by atoms with Crippen molar-refractivity contribution < 1.29 is 9.66 Å². The third-order valence-corrected chi connectivity index (χ3v) is 5.15. The highest BCUT2D eigenvalue weighted by Gasteiger charge is 2.18. The summed E-state index contributed by atoms with van der Waals surface area (Å²) >= 11 is 4.97. The molecule has 2 rings (SSSR count). The maximum Gasteiger partial charge on any atom is 0.273 e. The number of hydrogen-bond acceptors (Lipinski definition) is 6. The summed E-state index contributed by atoms with van der Waals surface area (Å²) in [5.74, 6) is 0.421. The molecular formula is C12H12BrN3O3S. The van der Waals surface area contributed by atoms with Crippen LogP contribution < -0.4 is 4.74 Å². The normalized spacial score (nSPS) is 12.2. The van der Waals surface area contributed by atoms with E-state index in [0.29, 0.717) is 16.3 Å². The fraction of sp³-hybridized carbons (Fsp3) is 0.333. The van der Waals surface area contributed by atoms with Crippen molar-refractivity contribution in [2.75, 3.05) is 7.11 Å². The minimum absolute atomic E-state index is 0.0118. The second-order valence-electron chi connectivity index (χ2n) is 3.96. The molecule has 0 fully saturated rings. The predicted octanol–water partition coefficient (Wildman–Crippen LogP) is 3.97. The molecule has 2 aromatic rings. The summed E-state index contributed by atoms with van der Waals surface area (Å²) < 4.78 is 5.21. The Kier molecular flexibility index (Phi) is 4.66. The highest BCUT2D eigenvalue weighted by atomic mass is 79.9. The summed E-state index contributed by atoms with van der Waals surface area (Å²) in [6, 6.07) is 4.46. The van der Waals surface area contributed by atoms with Crippen LogP contribution >= 0.6 is 27.3 Å². The third-order valence-electron chi connectivity index (χ3n) is 2.69. The molecule has 106 valence electrons. The van der Waals surface area contributed by atoms with E-state index in [0.717, 1.165) is 11.4 Å². The first-order valence-corrected chi connectivity index (χ1v) is 7.60. The SMILES string of the molecule is CCC(Br)c1nnc(-c2ccc([N+](=O)[O-])cc2OC)s1. The van der Waals surface area contributed by atoms with Crippen molar-refractivity contribution in [3.05, 3.63) is 33.3 Å². The van der Waals surface area contributed by atoms with Gasteiger partial charge in [0.05, 0.1) is 28.5 Å². The van der Waals surface area contributed by atoms with Gasteiger partial charge in [0, 0.05) is 6.07 Å². The molecule has 6 nitrogen and oxygen atoms in total. The van der Waals surface area contributed by atoms with Gasteiger partial charge in [0.15, 0.2) is 5.01 Å². The Morgan fingerprint density at radius 2 is 2.25 bits per heavy atom. The molecule has 0 aliphatic carbocycles. The number of ether oxygens (including phenoxy) is 1. The molecular weight excluding hydrogens is 346 g/mol. The van der Waals surface area contributed by atoms with Crippen LogP contribution in [0.2, 0.25) is 0 Å². The van der Waals surface area contributed by atoms with Crippen LogP contribution in [0.4, 0.5) is 5.69 Å². The number of non-ortho nitro benzene ring substituents is 1. The zero-order valence-corrected chi connectivity index (χ0v) is 13.3. The van der Waals surface area contributed by atoms with Gasteiger partial charge in [0.25, 0.3) is 5.69 Å². The molecule has 1 heterocycles. The van der Waals surface area contributed by atoms with Crippen molar-refractivity contribution in [2.24, 2.45) is 0 Å². The van der Waals surface area contributed by atoms with Crippen LogP contribution in [0.1, 0.15) is 23.2 Å². The van der Waals surface area contributed by atoms with E-state index < -0.39 is 4.92 Å². The van der Waals surface area contributed by atoms with Gasteiger partial charge in [0.1, 0.15) is 10.8 Å². The van der Waals surface area contributed by atoms with Crippen molar-refractivity contribution in [2.45, 2.75) is 18.2 Å². The number of nitro benzene ring substituents is 1. The number of benzene rings is 1. The molecule has 1 unspecified atom stereocenters. The van der Waals surface area contributed by atoms with Gasteiger partial charge in [-0.05, 0) is 12.5 Å². The van der Waals surface area contributed by atoms with E-state index in [9.17, 15) is 10.1 Å². The summed E-state index contributed by atoms with van der Waals surface area (Å²) in [6.45, 7) is 2.05. The van der Waals surface area contributed by atoms with Crippen LogP contribution in [0.15, 0.2) is 18.2 Å². The molecule has 0 saturated carbocycles. The number of methoxy groups -OCH3 is 1. The van der Waals surface area contributed by atoms with Crippen molar-refractivity contribution in [3.8, 4) is 16.3 Å². The Bertz CT molecular complexity index is 632. The number of halogens is 1. The van der Waals surface area contributed by atoms with E-state index in [-0.39, 0.29) is 10.5 Å². The van der Waals surface area contributed by atoms with Gasteiger partial charge >= 0.3 is 0 Å². The van der Waals surface area contributed by atoms with Gasteiger partial charge in [-0.15, -0.1) is 10.2 Å². The van der Waals surface area contributed by atoms with Gasteiger partial charge in [0.2, 0.25) is 0 Å². The standard InChI is InChI=1S/C12H12BrN3O3S/c1-3-9(13)12-15-14-11(20-12)8-5-4-7(16(17)18)6-10(8)19-2/h4-6,9H,3H2,1-2H3. The predicted molar refractivity (Wildman–Crippen MR) is 80.5 cm³/mol. The number of aromatic nitrogens is 2. The zero-order valence-electron chi connectivity index (χ0n) is 10.9. The smallest absolute Gasteiger partial charge is 0.273 e. The van der Waals surface area contributed by atoms with Crippen LogP contribution in [0, 0.1) is 10.1 Å². The molecule has 8 heteroatoms. The molecule has 1 atom stereocenters. The van der Waals surface area contributed by atoms with Crippen molar-refractivity contribution >= 4 is 33.0 Å². The number of rotatable bonds is 5. The van der Waals surface area contributed by atoms with Gasteiger partial charge in [-0.2, -0.15) is 0 Å². The number of nitrogens with zero attached hydrogens (tertiary/aromatic N) is 3. The first-order chi connectivity index (χ1) is 9.56. The Morgan fingerprint density at radius 3 is 2.85 bits per heavy atom. The summed E-state index contributed by atoms with van der Waals surface area (Å²) in [4.78, 5) is 10.5. The second kappa shape index (κ2) is 6.27. The van der Waals surface area contributed by atoms with Crippen molar-refractivity contribution in [1.29, 1.82) is 0 Å². The summed E-state index contributed by atoms with van der Waals surface area (Å²) in [6.07, 6.45) is 0.909. The number of hydrogen-bond donors (Lipinski definition) is 0.